The summed E-state index contributed by atoms with van der Waals surface area (Å²) in [5, 5.41) is 11.3. The molecular formula is C25H21N2NaO3S. The molecule has 0 spiro atoms. The van der Waals surface area contributed by atoms with E-state index in [4.69, 9.17) is 9.90 Å². The second-order valence-corrected chi connectivity index (χ2v) is 9.52. The molecule has 7 heteroatoms. The van der Waals surface area contributed by atoms with E-state index in [0.29, 0.717) is 10.1 Å². The Bertz CT molecular complexity index is 1170. The van der Waals surface area contributed by atoms with E-state index in [0.717, 1.165) is 51.7 Å². The van der Waals surface area contributed by atoms with Gasteiger partial charge in [0, 0.05) is 6.92 Å². The monoisotopic (exact) mass is 452 g/mol. The summed E-state index contributed by atoms with van der Waals surface area (Å²) in [6, 6.07) is 24.9. The molecule has 0 bridgehead atoms. The van der Waals surface area contributed by atoms with Crippen molar-refractivity contribution in [3.05, 3.63) is 88.8 Å². The number of amides is 1. The van der Waals surface area contributed by atoms with Crippen molar-refractivity contribution in [3.8, 4) is 11.1 Å². The second kappa shape index (κ2) is 11.3. The van der Waals surface area contributed by atoms with Gasteiger partial charge in [0.05, 0.1) is 0 Å². The zero-order chi connectivity index (χ0) is 23.1. The molecule has 2 N–H and O–H groups in total. The van der Waals surface area contributed by atoms with Crippen molar-refractivity contribution in [1.29, 1.82) is 0 Å². The number of thioether (sulfide) groups is 1. The van der Waals surface area contributed by atoms with Gasteiger partial charge >= 0.3 is 139 Å². The summed E-state index contributed by atoms with van der Waals surface area (Å²) in [5.41, 5.74) is 5.53. The molecule has 0 aromatic heterocycles. The number of carbonyl (C=O) groups excluding carboxylic acids is 1. The van der Waals surface area contributed by atoms with E-state index in [1.165, 1.54) is 25.7 Å². The summed E-state index contributed by atoms with van der Waals surface area (Å²) in [7, 11) is 0. The maximum atomic E-state index is 12.2. The molecule has 0 aliphatic carbocycles. The first-order valence-corrected chi connectivity index (χ1v) is 11.8. The predicted molar refractivity (Wildman–Crippen MR) is 133 cm³/mol. The minimum Gasteiger partial charge on any atom is -0.0587 e. The van der Waals surface area contributed by atoms with Crippen molar-refractivity contribution < 1.29 is 14.7 Å². The molecule has 5 nitrogen and oxygen atoms in total. The molecule has 0 atom stereocenters. The van der Waals surface area contributed by atoms with E-state index in [1.54, 1.807) is 0 Å². The van der Waals surface area contributed by atoms with Crippen molar-refractivity contribution in [2.75, 3.05) is 5.32 Å². The number of aliphatic carboxylic acids is 1. The Hall–Kier alpha value is -2.64. The maximum absolute atomic E-state index is 12.2. The van der Waals surface area contributed by atoms with Crippen LogP contribution in [0.1, 0.15) is 18.1 Å². The molecule has 156 valence electrons. The van der Waals surface area contributed by atoms with E-state index in [2.05, 4.69) is 65.8 Å². The third kappa shape index (κ3) is 7.21. The summed E-state index contributed by atoms with van der Waals surface area (Å²) < 4.78 is 1.33. The molecule has 0 unspecified atom stereocenters. The van der Waals surface area contributed by atoms with Gasteiger partial charge in [-0.2, -0.15) is 0 Å². The SMILES string of the molecule is CC(=O)O.Cc1ccc(-c2ccc(/C=C3/SC(Nc4cc[c]([Na])cc4)=NC3=O)cc2)cc1. The molecule has 3 aromatic carbocycles. The first kappa shape index (κ1) is 24.0. The Morgan fingerprint density at radius 1 is 0.969 bits per heavy atom. The van der Waals surface area contributed by atoms with Gasteiger partial charge in [0.25, 0.3) is 5.97 Å². The van der Waals surface area contributed by atoms with Crippen molar-refractivity contribution in [2.45, 2.75) is 13.8 Å². The number of aryl methyl sites for hydroxylation is 1. The zero-order valence-electron chi connectivity index (χ0n) is 18.1. The first-order chi connectivity index (χ1) is 15.3. The van der Waals surface area contributed by atoms with E-state index >= 15 is 0 Å². The van der Waals surface area contributed by atoms with Crippen LogP contribution < -0.4 is 8.13 Å². The predicted octanol–water partition coefficient (Wildman–Crippen LogP) is 4.63. The molecular weight excluding hydrogens is 431 g/mol. The number of hydrogen-bond acceptors (Lipinski definition) is 4. The van der Waals surface area contributed by atoms with Crippen molar-refractivity contribution in [3.63, 3.8) is 0 Å². The number of nitrogens with zero attached hydrogens (tertiary/aromatic N) is 1. The van der Waals surface area contributed by atoms with Gasteiger partial charge in [-0.3, -0.25) is 4.79 Å². The Morgan fingerprint density at radius 3 is 2.06 bits per heavy atom. The molecule has 1 heterocycles. The van der Waals surface area contributed by atoms with Crippen LogP contribution in [0.5, 0.6) is 0 Å². The first-order valence-electron chi connectivity index (χ1n) is 10.0. The van der Waals surface area contributed by atoms with Crippen molar-refractivity contribution in [1.82, 2.24) is 0 Å². The number of amidine groups is 1. The average molecular weight is 453 g/mol. The summed E-state index contributed by atoms with van der Waals surface area (Å²) in [6.45, 7) is 3.17. The van der Waals surface area contributed by atoms with E-state index < -0.39 is 5.97 Å². The number of benzene rings is 3. The van der Waals surface area contributed by atoms with Crippen LogP contribution in [0.2, 0.25) is 0 Å². The van der Waals surface area contributed by atoms with Crippen molar-refractivity contribution >= 4 is 71.3 Å². The minimum absolute atomic E-state index is 0.199. The van der Waals surface area contributed by atoms with Gasteiger partial charge in [-0.15, -0.1) is 0 Å². The van der Waals surface area contributed by atoms with Crippen LogP contribution in [-0.4, -0.2) is 50.1 Å². The number of carbonyl (C=O) groups is 2. The molecule has 0 saturated carbocycles. The molecule has 0 radical (unpaired) electrons. The van der Waals surface area contributed by atoms with Gasteiger partial charge in [0.15, 0.2) is 0 Å². The quantitative estimate of drug-likeness (QED) is 0.448. The summed E-state index contributed by atoms with van der Waals surface area (Å²) >= 11 is 2.40. The van der Waals surface area contributed by atoms with Gasteiger partial charge in [-0.1, -0.05) is 29.8 Å². The molecule has 32 heavy (non-hydrogen) atoms. The molecule has 1 aliphatic rings. The number of hydrogen-bond donors (Lipinski definition) is 2. The third-order valence-electron chi connectivity index (χ3n) is 4.52. The van der Waals surface area contributed by atoms with Gasteiger partial charge in [0.1, 0.15) is 0 Å². The number of nitrogens with one attached hydrogen (secondary N) is 1. The van der Waals surface area contributed by atoms with Gasteiger partial charge in [0.2, 0.25) is 0 Å². The molecule has 0 saturated heterocycles. The van der Waals surface area contributed by atoms with Crippen LogP contribution in [0.4, 0.5) is 5.69 Å². The Balaban J connectivity index is 0.000000668. The van der Waals surface area contributed by atoms with Crippen LogP contribution in [-0.2, 0) is 9.59 Å². The zero-order valence-corrected chi connectivity index (χ0v) is 20.9. The second-order valence-electron chi connectivity index (χ2n) is 7.33. The van der Waals surface area contributed by atoms with Crippen LogP contribution in [0.3, 0.4) is 0 Å². The minimum atomic E-state index is -0.833. The van der Waals surface area contributed by atoms with Crippen LogP contribution in [0, 0.1) is 6.92 Å². The molecule has 3 aromatic rings. The fourth-order valence-corrected chi connectivity index (χ4v) is 4.06. The van der Waals surface area contributed by atoms with E-state index in [1.807, 2.05) is 30.3 Å². The molecule has 1 amide bonds. The van der Waals surface area contributed by atoms with Gasteiger partial charge < -0.3 is 5.11 Å². The fourth-order valence-electron chi connectivity index (χ4n) is 2.89. The summed E-state index contributed by atoms with van der Waals surface area (Å²) in [6.07, 6.45) is 1.89. The number of aliphatic imine (C=N–C) groups is 1. The van der Waals surface area contributed by atoms with Crippen LogP contribution >= 0.6 is 11.8 Å². The standard InChI is InChI=1S/C23H17N2OS.C2H4O2.Na/c1-16-7-11-18(12-8-16)19-13-9-17(10-14-19)15-21-22(26)25-23(27-21)24-20-5-3-2-4-6-20;1-2(3)4;/h3-15H,1H3,(H,24,25,26);1H3,(H,3,4);/b21-15+;;. The molecule has 0 fully saturated rings. The van der Waals surface area contributed by atoms with Gasteiger partial charge in [-0.25, -0.2) is 0 Å². The molecule has 1 aliphatic heterocycles. The number of carboxylic acids is 1. The van der Waals surface area contributed by atoms with E-state index in [-0.39, 0.29) is 5.91 Å². The number of carboxylic acid groups (broad SMARTS) is 1. The van der Waals surface area contributed by atoms with Gasteiger partial charge in [-0.05, 0) is 18.1 Å². The van der Waals surface area contributed by atoms with Crippen LogP contribution in [0.25, 0.3) is 17.2 Å². The van der Waals surface area contributed by atoms with E-state index in [9.17, 15) is 4.79 Å². The smallest absolute Gasteiger partial charge is 0.0587 e. The normalized spacial score (nSPS) is 13.9. The number of anilines is 1. The van der Waals surface area contributed by atoms with Crippen LogP contribution in [0.15, 0.2) is 82.7 Å². The Morgan fingerprint density at radius 2 is 1.50 bits per heavy atom. The summed E-state index contributed by atoms with van der Waals surface area (Å²) in [5.74, 6) is -1.03. The third-order valence-corrected chi connectivity index (χ3v) is 6.08. The molecule has 4 rings (SSSR count). The summed E-state index contributed by atoms with van der Waals surface area (Å²) in [4.78, 5) is 26.0. The Kier molecular flexibility index (Phi) is 8.47. The van der Waals surface area contributed by atoms with Crippen molar-refractivity contribution in [2.24, 2.45) is 4.99 Å². The Labute approximate surface area is 209 Å². The average Bonchev–Trinajstić information content (AvgIpc) is 3.09. The topological polar surface area (TPSA) is 78.8 Å². The number of rotatable bonds is 3. The fraction of sp³-hybridized carbons (Fsp3) is 0.0800.